The van der Waals surface area contributed by atoms with Gasteiger partial charge in [0.15, 0.2) is 0 Å². The van der Waals surface area contributed by atoms with E-state index in [0.29, 0.717) is 40.6 Å². The van der Waals surface area contributed by atoms with Gasteiger partial charge in [0, 0.05) is 42.8 Å². The van der Waals surface area contributed by atoms with Crippen molar-refractivity contribution in [1.82, 2.24) is 19.4 Å². The highest BCUT2D eigenvalue weighted by Gasteiger charge is 2.29. The number of aryl methyl sites for hydroxylation is 1. The summed E-state index contributed by atoms with van der Waals surface area (Å²) in [4.78, 5) is 35.9. The lowest BCUT2D eigenvalue weighted by Crippen LogP contribution is -2.48. The number of amides is 1. The second-order valence-corrected chi connectivity index (χ2v) is 8.17. The molecule has 1 aliphatic rings. The van der Waals surface area contributed by atoms with Crippen LogP contribution < -0.4 is 5.56 Å². The minimum Gasteiger partial charge on any atom is -0.390 e. The minimum absolute atomic E-state index is 0.0582. The lowest BCUT2D eigenvalue weighted by molar-refractivity contribution is -0.0321. The van der Waals surface area contributed by atoms with Crippen molar-refractivity contribution in [1.29, 1.82) is 0 Å². The first-order chi connectivity index (χ1) is 15.4. The van der Waals surface area contributed by atoms with Gasteiger partial charge >= 0.3 is 0 Å². The lowest BCUT2D eigenvalue weighted by atomic mass is 10.0. The number of likely N-dealkylation sites (tertiary alicyclic amines) is 1. The molecule has 8 heteroatoms. The second-order valence-electron chi connectivity index (χ2n) is 8.17. The van der Waals surface area contributed by atoms with E-state index in [9.17, 15) is 19.8 Å². The van der Waals surface area contributed by atoms with Crippen molar-refractivity contribution in [3.8, 4) is 11.3 Å². The molecule has 2 unspecified atom stereocenters. The van der Waals surface area contributed by atoms with E-state index in [4.69, 9.17) is 4.98 Å². The van der Waals surface area contributed by atoms with Crippen LogP contribution >= 0.6 is 0 Å². The molecule has 2 atom stereocenters. The zero-order chi connectivity index (χ0) is 22.4. The number of hydrogen-bond donors (Lipinski definition) is 2. The van der Waals surface area contributed by atoms with Gasteiger partial charge in [-0.3, -0.25) is 14.6 Å². The van der Waals surface area contributed by atoms with Crippen LogP contribution in [0.2, 0.25) is 0 Å². The van der Waals surface area contributed by atoms with Crippen LogP contribution in [0.15, 0.2) is 59.7 Å². The van der Waals surface area contributed by atoms with Crippen molar-refractivity contribution in [2.75, 3.05) is 13.1 Å². The van der Waals surface area contributed by atoms with E-state index >= 15 is 0 Å². The number of benzene rings is 2. The molecule has 0 spiro atoms. The normalized spacial score (nSPS) is 18.9. The first-order valence-corrected chi connectivity index (χ1v) is 10.4. The highest BCUT2D eigenvalue weighted by Crippen LogP contribution is 2.24. The molecule has 1 amide bonds. The molecule has 1 aliphatic heterocycles. The molecule has 0 radical (unpaired) electrons. The summed E-state index contributed by atoms with van der Waals surface area (Å²) in [6.45, 7) is 0.484. The zero-order valence-electron chi connectivity index (χ0n) is 17.5. The number of aromatic nitrogens is 3. The SMILES string of the molecule is Cn1ccc2cc(-c3cnc4ccc(C(=O)N5CCC(O)C(O)C5)cc4n3)ccc2c1=O. The van der Waals surface area contributed by atoms with Crippen LogP contribution in [0.25, 0.3) is 33.1 Å². The van der Waals surface area contributed by atoms with Gasteiger partial charge in [-0.15, -0.1) is 0 Å². The number of aliphatic hydroxyl groups excluding tert-OH is 2. The van der Waals surface area contributed by atoms with E-state index in [0.717, 1.165) is 10.9 Å². The van der Waals surface area contributed by atoms with E-state index in [1.165, 1.54) is 0 Å². The molecule has 0 aliphatic carbocycles. The summed E-state index contributed by atoms with van der Waals surface area (Å²) in [6, 6.07) is 12.6. The molecule has 2 aromatic heterocycles. The first kappa shape index (κ1) is 20.3. The van der Waals surface area contributed by atoms with E-state index in [-0.39, 0.29) is 18.0 Å². The average molecular weight is 430 g/mol. The maximum Gasteiger partial charge on any atom is 0.258 e. The Hall–Kier alpha value is -3.62. The fourth-order valence-corrected chi connectivity index (χ4v) is 4.07. The molecule has 2 aromatic carbocycles. The minimum atomic E-state index is -0.940. The Morgan fingerprint density at radius 2 is 1.91 bits per heavy atom. The van der Waals surface area contributed by atoms with E-state index in [2.05, 4.69) is 4.98 Å². The molecule has 2 N–H and O–H groups in total. The monoisotopic (exact) mass is 430 g/mol. The molecule has 1 saturated heterocycles. The summed E-state index contributed by atoms with van der Waals surface area (Å²) >= 11 is 0. The van der Waals surface area contributed by atoms with E-state index in [1.54, 1.807) is 53.2 Å². The highest BCUT2D eigenvalue weighted by molar-refractivity contribution is 5.97. The zero-order valence-corrected chi connectivity index (χ0v) is 17.5. The molecule has 8 nitrogen and oxygen atoms in total. The van der Waals surface area contributed by atoms with Crippen LogP contribution in [-0.4, -0.2) is 60.9 Å². The molecule has 3 heterocycles. The maximum atomic E-state index is 12.9. The van der Waals surface area contributed by atoms with Gasteiger partial charge in [0.25, 0.3) is 11.5 Å². The van der Waals surface area contributed by atoms with Crippen molar-refractivity contribution in [3.63, 3.8) is 0 Å². The molecular formula is C24H22N4O4. The Morgan fingerprint density at radius 3 is 2.72 bits per heavy atom. The van der Waals surface area contributed by atoms with Crippen LogP contribution in [0.1, 0.15) is 16.8 Å². The number of carbonyl (C=O) groups excluding carboxylic acids is 1. The topological polar surface area (TPSA) is 109 Å². The summed E-state index contributed by atoms with van der Waals surface area (Å²) in [7, 11) is 1.72. The average Bonchev–Trinajstić information content (AvgIpc) is 2.82. The van der Waals surface area contributed by atoms with Gasteiger partial charge < -0.3 is 19.7 Å². The van der Waals surface area contributed by atoms with Crippen molar-refractivity contribution >= 4 is 27.7 Å². The standard InChI is InChI=1S/C24H22N4O4/c1-27-8-6-14-10-15(2-4-17(14)24(27)32)20-12-25-18-5-3-16(11-19(18)26-20)23(31)28-9-7-21(29)22(30)13-28/h2-6,8,10-12,21-22,29-30H,7,9,13H2,1H3. The summed E-state index contributed by atoms with van der Waals surface area (Å²) in [6.07, 6.45) is 2.01. The van der Waals surface area contributed by atoms with Crippen LogP contribution in [0.3, 0.4) is 0 Å². The number of rotatable bonds is 2. The quantitative estimate of drug-likeness (QED) is 0.501. The number of carbonyl (C=O) groups is 1. The number of hydrogen-bond acceptors (Lipinski definition) is 6. The van der Waals surface area contributed by atoms with Crippen LogP contribution in [0.4, 0.5) is 0 Å². The van der Waals surface area contributed by atoms with Gasteiger partial charge in [-0.1, -0.05) is 6.07 Å². The van der Waals surface area contributed by atoms with Gasteiger partial charge in [-0.05, 0) is 48.2 Å². The summed E-state index contributed by atoms with van der Waals surface area (Å²) in [5.74, 6) is -0.216. The maximum absolute atomic E-state index is 12.9. The first-order valence-electron chi connectivity index (χ1n) is 10.4. The Kier molecular flexibility index (Phi) is 4.96. The lowest BCUT2D eigenvalue weighted by Gasteiger charge is -2.33. The predicted molar refractivity (Wildman–Crippen MR) is 120 cm³/mol. The molecule has 162 valence electrons. The molecule has 4 aromatic rings. The third-order valence-electron chi connectivity index (χ3n) is 6.00. The second kappa shape index (κ2) is 7.81. The summed E-state index contributed by atoms with van der Waals surface area (Å²) in [5.41, 5.74) is 3.10. The number of aliphatic hydroxyl groups is 2. The third-order valence-corrected chi connectivity index (χ3v) is 6.00. The number of β-amino-alcohol motifs (C(OH)–C–C–N with tert-alkyl or cyclic N) is 1. The number of nitrogens with zero attached hydrogens (tertiary/aromatic N) is 4. The summed E-state index contributed by atoms with van der Waals surface area (Å²) < 4.78 is 1.54. The molecule has 0 saturated carbocycles. The van der Waals surface area contributed by atoms with Crippen LogP contribution in [-0.2, 0) is 7.05 Å². The summed E-state index contributed by atoms with van der Waals surface area (Å²) in [5, 5.41) is 21.1. The smallest absolute Gasteiger partial charge is 0.258 e. The third kappa shape index (κ3) is 3.53. The van der Waals surface area contributed by atoms with Crippen molar-refractivity contribution in [2.45, 2.75) is 18.6 Å². The van der Waals surface area contributed by atoms with Crippen molar-refractivity contribution < 1.29 is 15.0 Å². The molecule has 1 fully saturated rings. The Morgan fingerprint density at radius 1 is 1.06 bits per heavy atom. The number of fused-ring (bicyclic) bond motifs is 2. The molecule has 5 rings (SSSR count). The van der Waals surface area contributed by atoms with Gasteiger partial charge in [0.1, 0.15) is 0 Å². The number of pyridine rings is 1. The molecule has 32 heavy (non-hydrogen) atoms. The number of piperidine rings is 1. The fraction of sp³-hybridized carbons (Fsp3) is 0.250. The fourth-order valence-electron chi connectivity index (χ4n) is 4.07. The van der Waals surface area contributed by atoms with Crippen LogP contribution in [0.5, 0.6) is 0 Å². The van der Waals surface area contributed by atoms with Crippen molar-refractivity contribution in [3.05, 3.63) is 70.8 Å². The van der Waals surface area contributed by atoms with E-state index < -0.39 is 12.2 Å². The van der Waals surface area contributed by atoms with Gasteiger partial charge in [-0.25, -0.2) is 4.98 Å². The molecule has 0 bridgehead atoms. The largest absolute Gasteiger partial charge is 0.390 e. The van der Waals surface area contributed by atoms with Gasteiger partial charge in [-0.2, -0.15) is 0 Å². The highest BCUT2D eigenvalue weighted by atomic mass is 16.3. The van der Waals surface area contributed by atoms with E-state index in [1.807, 2.05) is 18.2 Å². The predicted octanol–water partition coefficient (Wildman–Crippen LogP) is 1.72. The Bertz CT molecular complexity index is 1410. The van der Waals surface area contributed by atoms with Gasteiger partial charge in [0.2, 0.25) is 0 Å². The van der Waals surface area contributed by atoms with Crippen LogP contribution in [0, 0.1) is 0 Å². The van der Waals surface area contributed by atoms with Crippen molar-refractivity contribution in [2.24, 2.45) is 7.05 Å². The molecular weight excluding hydrogens is 408 g/mol. The van der Waals surface area contributed by atoms with Gasteiger partial charge in [0.05, 0.1) is 35.1 Å². The Balaban J connectivity index is 1.50. The Labute approximate surface area is 183 Å².